The molecule has 1 fully saturated rings. The molecule has 3 atom stereocenters. The summed E-state index contributed by atoms with van der Waals surface area (Å²) in [5, 5.41) is 12.4. The second-order valence-corrected chi connectivity index (χ2v) is 5.96. The van der Waals surface area contributed by atoms with Crippen LogP contribution in [-0.2, 0) is 4.79 Å². The molecule has 6 heteroatoms. The molecule has 5 nitrogen and oxygen atoms in total. The number of aliphatic hydroxyl groups excluding tert-OH is 1. The number of carbonyl (C=O) groups is 1. The molecule has 1 aromatic carbocycles. The van der Waals surface area contributed by atoms with Crippen molar-refractivity contribution in [2.75, 3.05) is 13.2 Å². The van der Waals surface area contributed by atoms with E-state index in [0.717, 1.165) is 5.56 Å². The number of aliphatic hydroxyl groups is 1. The Morgan fingerprint density at radius 3 is 2.88 bits per heavy atom. The van der Waals surface area contributed by atoms with Crippen LogP contribution in [0.5, 0.6) is 5.88 Å². The predicted octanol–water partition coefficient (Wildman–Crippen LogP) is 2.57. The molecule has 2 N–H and O–H groups in total. The third kappa shape index (κ3) is 4.14. The lowest BCUT2D eigenvalue weighted by molar-refractivity contribution is -0.123. The first-order valence-electron chi connectivity index (χ1n) is 9.52. The maximum Gasteiger partial charge on any atom is 0.224 e. The van der Waals surface area contributed by atoms with Crippen molar-refractivity contribution in [2.45, 2.75) is 25.2 Å². The molecule has 0 saturated heterocycles. The Kier molecular flexibility index (Phi) is 4.19. The molecule has 132 valence electrons. The number of nitrogens with one attached hydrogen (secondary N) is 1. The number of benzene rings is 1. The Balaban J connectivity index is 1.56. The number of amides is 1. The monoisotopic (exact) mass is 347 g/mol. The molecule has 1 aliphatic rings. The SMILES string of the molecule is [2H]C([2H])([2H])COc1ccc([C@H](CO)NC(=O)[C@H]2C[C@@H]2c2ccc(F)cc2)cn1. The van der Waals surface area contributed by atoms with Gasteiger partial charge in [0.1, 0.15) is 5.82 Å². The van der Waals surface area contributed by atoms with Gasteiger partial charge in [0, 0.05) is 22.3 Å². The van der Waals surface area contributed by atoms with E-state index in [1.54, 1.807) is 18.2 Å². The van der Waals surface area contributed by atoms with Crippen molar-refractivity contribution in [3.05, 3.63) is 59.5 Å². The van der Waals surface area contributed by atoms with Gasteiger partial charge in [-0.05, 0) is 48.5 Å². The van der Waals surface area contributed by atoms with E-state index in [1.807, 2.05) is 0 Å². The number of carbonyl (C=O) groups excluding carboxylic acids is 1. The van der Waals surface area contributed by atoms with E-state index in [2.05, 4.69) is 10.3 Å². The molecule has 1 aromatic heterocycles. The van der Waals surface area contributed by atoms with Crippen LogP contribution in [0.2, 0.25) is 0 Å². The summed E-state index contributed by atoms with van der Waals surface area (Å²) in [6.07, 6.45) is 2.11. The quantitative estimate of drug-likeness (QED) is 0.807. The summed E-state index contributed by atoms with van der Waals surface area (Å²) in [5.74, 6) is -0.509. The second kappa shape index (κ2) is 7.61. The van der Waals surface area contributed by atoms with Gasteiger partial charge in [-0.2, -0.15) is 0 Å². The van der Waals surface area contributed by atoms with E-state index in [4.69, 9.17) is 8.85 Å². The van der Waals surface area contributed by atoms with Gasteiger partial charge in [-0.25, -0.2) is 9.37 Å². The molecule has 0 radical (unpaired) electrons. The van der Waals surface area contributed by atoms with E-state index < -0.39 is 19.5 Å². The number of ether oxygens (including phenoxy) is 1. The lowest BCUT2D eigenvalue weighted by Crippen LogP contribution is -2.32. The Hall–Kier alpha value is -2.47. The van der Waals surface area contributed by atoms with Crippen molar-refractivity contribution in [3.63, 3.8) is 0 Å². The van der Waals surface area contributed by atoms with Gasteiger partial charge in [-0.15, -0.1) is 0 Å². The third-order valence-corrected chi connectivity index (χ3v) is 4.31. The maximum absolute atomic E-state index is 13.0. The van der Waals surface area contributed by atoms with E-state index in [-0.39, 0.29) is 36.0 Å². The summed E-state index contributed by atoms with van der Waals surface area (Å²) in [5.41, 5.74) is 1.50. The minimum atomic E-state index is -2.21. The Bertz CT molecular complexity index is 813. The van der Waals surface area contributed by atoms with Crippen molar-refractivity contribution in [1.82, 2.24) is 10.3 Å². The van der Waals surface area contributed by atoms with Gasteiger partial charge in [0.05, 0.1) is 19.3 Å². The highest BCUT2D eigenvalue weighted by atomic mass is 19.1. The minimum absolute atomic E-state index is 0.0497. The lowest BCUT2D eigenvalue weighted by atomic mass is 10.1. The van der Waals surface area contributed by atoms with Crippen LogP contribution in [0, 0.1) is 11.7 Å². The average Bonchev–Trinajstić information content (AvgIpc) is 3.46. The van der Waals surface area contributed by atoms with Gasteiger partial charge in [0.15, 0.2) is 0 Å². The molecular formula is C19H21FN2O3. The first kappa shape index (κ1) is 13.8. The minimum Gasteiger partial charge on any atom is -0.478 e. The molecule has 1 amide bonds. The molecule has 0 aliphatic heterocycles. The van der Waals surface area contributed by atoms with E-state index >= 15 is 0 Å². The van der Waals surface area contributed by atoms with Gasteiger partial charge >= 0.3 is 0 Å². The van der Waals surface area contributed by atoms with Crippen LogP contribution in [0.3, 0.4) is 0 Å². The Labute approximate surface area is 150 Å². The summed E-state index contributed by atoms with van der Waals surface area (Å²) in [6.45, 7) is -2.98. The largest absolute Gasteiger partial charge is 0.478 e. The van der Waals surface area contributed by atoms with Crippen molar-refractivity contribution in [2.24, 2.45) is 5.92 Å². The fraction of sp³-hybridized carbons (Fsp3) is 0.368. The molecule has 0 unspecified atom stereocenters. The molecule has 0 bridgehead atoms. The Morgan fingerprint density at radius 2 is 2.24 bits per heavy atom. The topological polar surface area (TPSA) is 71.5 Å². The molecule has 1 aliphatic carbocycles. The third-order valence-electron chi connectivity index (χ3n) is 4.31. The number of aromatic nitrogens is 1. The van der Waals surface area contributed by atoms with E-state index in [9.17, 15) is 14.3 Å². The molecule has 0 spiro atoms. The highest BCUT2D eigenvalue weighted by molar-refractivity contribution is 5.83. The maximum atomic E-state index is 13.0. The normalized spacial score (nSPS) is 22.2. The lowest BCUT2D eigenvalue weighted by Gasteiger charge is -2.17. The van der Waals surface area contributed by atoms with Crippen LogP contribution < -0.4 is 10.1 Å². The molecular weight excluding hydrogens is 323 g/mol. The van der Waals surface area contributed by atoms with Crippen LogP contribution in [0.15, 0.2) is 42.6 Å². The number of halogens is 1. The van der Waals surface area contributed by atoms with Crippen molar-refractivity contribution in [3.8, 4) is 5.88 Å². The van der Waals surface area contributed by atoms with Crippen LogP contribution >= 0.6 is 0 Å². The van der Waals surface area contributed by atoms with Gasteiger partial charge < -0.3 is 15.2 Å². The average molecular weight is 347 g/mol. The fourth-order valence-corrected chi connectivity index (χ4v) is 2.83. The summed E-state index contributed by atoms with van der Waals surface area (Å²) in [7, 11) is 0. The molecule has 1 heterocycles. The zero-order valence-corrected chi connectivity index (χ0v) is 13.5. The summed E-state index contributed by atoms with van der Waals surface area (Å²) < 4.78 is 39.5. The first-order chi connectivity index (χ1) is 13.3. The van der Waals surface area contributed by atoms with Crippen LogP contribution in [0.4, 0.5) is 4.39 Å². The van der Waals surface area contributed by atoms with E-state index in [0.29, 0.717) is 12.0 Å². The fourth-order valence-electron chi connectivity index (χ4n) is 2.83. The van der Waals surface area contributed by atoms with Crippen molar-refractivity contribution in [1.29, 1.82) is 0 Å². The summed E-state index contributed by atoms with van der Waals surface area (Å²) in [4.78, 5) is 16.5. The van der Waals surface area contributed by atoms with Gasteiger partial charge in [-0.3, -0.25) is 4.79 Å². The molecule has 1 saturated carbocycles. The van der Waals surface area contributed by atoms with Gasteiger partial charge in [-0.1, -0.05) is 12.1 Å². The molecule has 2 aromatic rings. The zero-order chi connectivity index (χ0) is 20.3. The highest BCUT2D eigenvalue weighted by Crippen LogP contribution is 2.47. The van der Waals surface area contributed by atoms with Gasteiger partial charge in [0.25, 0.3) is 0 Å². The summed E-state index contributed by atoms with van der Waals surface area (Å²) in [6, 6.07) is 8.59. The number of nitrogens with zero attached hydrogens (tertiary/aromatic N) is 1. The smallest absolute Gasteiger partial charge is 0.224 e. The Morgan fingerprint density at radius 1 is 1.44 bits per heavy atom. The predicted molar refractivity (Wildman–Crippen MR) is 90.6 cm³/mol. The van der Waals surface area contributed by atoms with Gasteiger partial charge in [0.2, 0.25) is 11.8 Å². The van der Waals surface area contributed by atoms with Crippen molar-refractivity contribution >= 4 is 5.91 Å². The highest BCUT2D eigenvalue weighted by Gasteiger charge is 2.44. The number of hydrogen-bond acceptors (Lipinski definition) is 4. The number of pyridine rings is 1. The number of hydrogen-bond donors (Lipinski definition) is 2. The first-order valence-corrected chi connectivity index (χ1v) is 8.02. The van der Waals surface area contributed by atoms with Crippen LogP contribution in [0.25, 0.3) is 0 Å². The molecule has 3 rings (SSSR count). The van der Waals surface area contributed by atoms with Crippen molar-refractivity contribution < 1.29 is 23.1 Å². The van der Waals surface area contributed by atoms with Crippen LogP contribution in [-0.4, -0.2) is 29.2 Å². The second-order valence-electron chi connectivity index (χ2n) is 5.96. The standard InChI is InChI=1S/C19H21FN2O3/c1-2-25-18-8-5-13(10-21-18)17(11-23)22-19(24)16-9-15(16)12-3-6-14(20)7-4-12/h3-8,10,15-17,23H,2,9,11H2,1H3,(H,22,24)/t15-,16+,17+/m1/s1/i1D3. The van der Waals surface area contributed by atoms with Crippen LogP contribution in [0.1, 0.15) is 40.5 Å². The zero-order valence-electron chi connectivity index (χ0n) is 16.5. The number of rotatable bonds is 7. The molecule has 25 heavy (non-hydrogen) atoms. The van der Waals surface area contributed by atoms with E-state index in [1.165, 1.54) is 24.4 Å². The summed E-state index contributed by atoms with van der Waals surface area (Å²) >= 11 is 0.